The van der Waals surface area contributed by atoms with Gasteiger partial charge in [0.05, 0.1) is 41.7 Å². The molecule has 5 aromatic rings. The van der Waals surface area contributed by atoms with Crippen molar-refractivity contribution >= 4 is 11.0 Å². The van der Waals surface area contributed by atoms with Crippen LogP contribution in [0.1, 0.15) is 0 Å². The van der Waals surface area contributed by atoms with Crippen molar-refractivity contribution in [2.45, 2.75) is 30.7 Å². The number of hydrogen-bond donors (Lipinski definition) is 4. The van der Waals surface area contributed by atoms with Gasteiger partial charge < -0.3 is 39.1 Å². The Hall–Kier alpha value is -4.52. The van der Waals surface area contributed by atoms with Gasteiger partial charge in [-0.3, -0.25) is 4.79 Å². The third-order valence-electron chi connectivity index (χ3n) is 7.22. The average Bonchev–Trinajstić information content (AvgIpc) is 3.47. The van der Waals surface area contributed by atoms with Gasteiger partial charge in [-0.05, 0) is 54.6 Å². The summed E-state index contributed by atoms with van der Waals surface area (Å²) in [4.78, 5) is 13.7. The molecular weight excluding hydrogens is 544 g/mol. The lowest BCUT2D eigenvalue weighted by atomic mass is 9.99. The molecule has 1 aliphatic rings. The minimum Gasteiger partial charge on any atom is -0.497 e. The Bertz CT molecular complexity index is 1750. The molecule has 0 bridgehead atoms. The molecule has 0 amide bonds. The minimum atomic E-state index is -1.58. The number of nitrogens with zero attached hydrogens (tertiary/aromatic N) is 2. The maximum atomic E-state index is 13.7. The molecular formula is C31H28N2O9. The number of ether oxygens (including phenoxy) is 3. The van der Waals surface area contributed by atoms with E-state index in [-0.39, 0.29) is 22.1 Å². The maximum absolute atomic E-state index is 13.7. The molecule has 3 aromatic carbocycles. The normalized spacial score (nSPS) is 22.3. The number of fused-ring (bicyclic) bond motifs is 1. The maximum Gasteiger partial charge on any atom is 0.229 e. The van der Waals surface area contributed by atoms with Gasteiger partial charge >= 0.3 is 0 Å². The van der Waals surface area contributed by atoms with Gasteiger partial charge in [-0.2, -0.15) is 5.10 Å². The van der Waals surface area contributed by atoms with Crippen molar-refractivity contribution in [2.75, 3.05) is 13.7 Å². The number of aliphatic hydroxyl groups is 4. The van der Waals surface area contributed by atoms with E-state index in [1.807, 2.05) is 60.7 Å². The molecule has 3 heterocycles. The predicted octanol–water partition coefficient (Wildman–Crippen LogP) is 2.50. The van der Waals surface area contributed by atoms with Crippen molar-refractivity contribution in [3.8, 4) is 39.7 Å². The number of para-hydroxylation sites is 1. The van der Waals surface area contributed by atoms with Gasteiger partial charge in [-0.25, -0.2) is 4.68 Å². The average molecular weight is 573 g/mol. The van der Waals surface area contributed by atoms with Gasteiger partial charge in [-0.15, -0.1) is 0 Å². The summed E-state index contributed by atoms with van der Waals surface area (Å²) >= 11 is 0. The first-order chi connectivity index (χ1) is 20.4. The molecule has 0 saturated carbocycles. The Kier molecular flexibility index (Phi) is 7.50. The molecule has 42 heavy (non-hydrogen) atoms. The third-order valence-corrected chi connectivity index (χ3v) is 7.22. The molecule has 1 saturated heterocycles. The zero-order valence-electron chi connectivity index (χ0n) is 22.4. The van der Waals surface area contributed by atoms with E-state index in [0.717, 1.165) is 11.3 Å². The summed E-state index contributed by atoms with van der Waals surface area (Å²) in [6, 6.07) is 23.2. The van der Waals surface area contributed by atoms with Crippen LogP contribution in [0.4, 0.5) is 0 Å². The molecule has 6 rings (SSSR count). The zero-order valence-corrected chi connectivity index (χ0v) is 22.4. The summed E-state index contributed by atoms with van der Waals surface area (Å²) in [5.74, 6) is 0.894. The van der Waals surface area contributed by atoms with E-state index >= 15 is 0 Å². The standard InChI is InChI=1S/C31H28N2O9/c1-39-19-9-7-17(8-10-19)23-14-24(33(32-23)18-5-3-2-4-6-18)22-16-40-25-13-20(11-12-21(25)27(22)35)41-31-30(38)29(37)28(36)26(15-34)42-31/h2-14,16,26,28-31,34,36-38H,15H2,1H3/t26-,28-,29+,30-,31-/m1/s1. The van der Waals surface area contributed by atoms with Gasteiger partial charge in [-0.1, -0.05) is 18.2 Å². The summed E-state index contributed by atoms with van der Waals surface area (Å²) in [6.07, 6.45) is -5.80. The Labute approximate surface area is 239 Å². The minimum absolute atomic E-state index is 0.179. The second-order valence-electron chi connectivity index (χ2n) is 9.84. The van der Waals surface area contributed by atoms with E-state index in [0.29, 0.717) is 22.7 Å². The van der Waals surface area contributed by atoms with Crippen molar-refractivity contribution in [1.29, 1.82) is 0 Å². The van der Waals surface area contributed by atoms with E-state index in [9.17, 15) is 25.2 Å². The number of aromatic nitrogens is 2. The molecule has 5 atom stereocenters. The highest BCUT2D eigenvalue weighted by Gasteiger charge is 2.44. The van der Waals surface area contributed by atoms with Crippen LogP contribution in [-0.2, 0) is 4.74 Å². The molecule has 11 heteroatoms. The van der Waals surface area contributed by atoms with Crippen LogP contribution < -0.4 is 14.9 Å². The van der Waals surface area contributed by atoms with E-state index in [4.69, 9.17) is 23.7 Å². The number of methoxy groups -OCH3 is 1. The van der Waals surface area contributed by atoms with Crippen LogP contribution >= 0.6 is 0 Å². The number of aliphatic hydroxyl groups excluding tert-OH is 4. The Balaban J connectivity index is 1.37. The van der Waals surface area contributed by atoms with Crippen LogP contribution in [-0.4, -0.2) is 74.6 Å². The van der Waals surface area contributed by atoms with Gasteiger partial charge in [0.15, 0.2) is 0 Å². The molecule has 1 aliphatic heterocycles. The highest BCUT2D eigenvalue weighted by atomic mass is 16.7. The van der Waals surface area contributed by atoms with E-state index in [1.54, 1.807) is 11.8 Å². The van der Waals surface area contributed by atoms with E-state index in [2.05, 4.69) is 0 Å². The molecule has 2 aromatic heterocycles. The summed E-state index contributed by atoms with van der Waals surface area (Å²) in [5.41, 5.74) is 2.99. The predicted molar refractivity (Wildman–Crippen MR) is 151 cm³/mol. The summed E-state index contributed by atoms with van der Waals surface area (Å²) < 4.78 is 23.9. The topological polar surface area (TPSA) is 157 Å². The van der Waals surface area contributed by atoms with E-state index < -0.39 is 37.3 Å². The lowest BCUT2D eigenvalue weighted by molar-refractivity contribution is -0.277. The molecule has 0 radical (unpaired) electrons. The molecule has 1 fully saturated rings. The number of hydrogen-bond acceptors (Lipinski definition) is 10. The first-order valence-electron chi connectivity index (χ1n) is 13.2. The van der Waals surface area contributed by atoms with Gasteiger partial charge in [0, 0.05) is 11.6 Å². The van der Waals surface area contributed by atoms with Crippen LogP contribution in [0.5, 0.6) is 11.5 Å². The van der Waals surface area contributed by atoms with Crippen molar-refractivity contribution < 1.29 is 39.1 Å². The van der Waals surface area contributed by atoms with Crippen LogP contribution in [0.25, 0.3) is 39.2 Å². The summed E-state index contributed by atoms with van der Waals surface area (Å²) in [7, 11) is 1.60. The second-order valence-corrected chi connectivity index (χ2v) is 9.84. The SMILES string of the molecule is COc1ccc(-c2cc(-c3coc4cc(O[C@@H]5O[C@H](CO)[C@@H](O)[C@H](O)[C@H]5O)ccc4c3=O)n(-c3ccccc3)n2)cc1. The van der Waals surface area contributed by atoms with Gasteiger partial charge in [0.1, 0.15) is 47.8 Å². The molecule has 216 valence electrons. The fraction of sp³-hybridized carbons (Fsp3) is 0.226. The highest BCUT2D eigenvalue weighted by molar-refractivity contribution is 5.83. The molecule has 11 nitrogen and oxygen atoms in total. The zero-order chi connectivity index (χ0) is 29.4. The van der Waals surface area contributed by atoms with Crippen molar-refractivity contribution in [2.24, 2.45) is 0 Å². The van der Waals surface area contributed by atoms with Crippen LogP contribution in [0.15, 0.2) is 94.3 Å². The first kappa shape index (κ1) is 27.6. The van der Waals surface area contributed by atoms with Crippen LogP contribution in [0.3, 0.4) is 0 Å². The lowest BCUT2D eigenvalue weighted by Crippen LogP contribution is -2.60. The molecule has 0 aliphatic carbocycles. The second kappa shape index (κ2) is 11.4. The van der Waals surface area contributed by atoms with E-state index in [1.165, 1.54) is 24.5 Å². The third kappa shape index (κ3) is 5.04. The summed E-state index contributed by atoms with van der Waals surface area (Å²) in [5, 5.41) is 44.9. The molecule has 0 unspecified atom stereocenters. The Morgan fingerprint density at radius 3 is 2.36 bits per heavy atom. The largest absolute Gasteiger partial charge is 0.497 e. The quantitative estimate of drug-likeness (QED) is 0.228. The number of benzene rings is 3. The van der Waals surface area contributed by atoms with Gasteiger partial charge in [0.2, 0.25) is 11.7 Å². The Morgan fingerprint density at radius 2 is 1.64 bits per heavy atom. The monoisotopic (exact) mass is 572 g/mol. The highest BCUT2D eigenvalue weighted by Crippen LogP contribution is 2.31. The van der Waals surface area contributed by atoms with Crippen LogP contribution in [0, 0.1) is 0 Å². The van der Waals surface area contributed by atoms with Crippen molar-refractivity contribution in [3.05, 3.63) is 95.3 Å². The number of rotatable bonds is 7. The fourth-order valence-corrected chi connectivity index (χ4v) is 4.90. The fourth-order valence-electron chi connectivity index (χ4n) is 4.90. The lowest BCUT2D eigenvalue weighted by Gasteiger charge is -2.39. The Morgan fingerprint density at radius 1 is 0.905 bits per heavy atom. The van der Waals surface area contributed by atoms with Gasteiger partial charge in [0.25, 0.3) is 0 Å². The summed E-state index contributed by atoms with van der Waals surface area (Å²) in [6.45, 7) is -0.583. The van der Waals surface area contributed by atoms with Crippen molar-refractivity contribution in [3.63, 3.8) is 0 Å². The molecule has 4 N–H and O–H groups in total. The smallest absolute Gasteiger partial charge is 0.229 e. The first-order valence-corrected chi connectivity index (χ1v) is 13.2. The molecule has 0 spiro atoms. The van der Waals surface area contributed by atoms with Crippen LogP contribution in [0.2, 0.25) is 0 Å². The van der Waals surface area contributed by atoms with Crippen molar-refractivity contribution in [1.82, 2.24) is 9.78 Å².